The average molecular weight is 365 g/mol. The number of hydrazone groups is 1. The van der Waals surface area contributed by atoms with Crippen LogP contribution in [-0.2, 0) is 6.61 Å². The zero-order chi connectivity index (χ0) is 18.2. The maximum atomic E-state index is 12.0. The molecule has 0 unspecified atom stereocenters. The standard InChI is InChI=1S/C21H17ClN2O2/c22-19-8-4-7-18(13-19)21(25)24-23-14-16-9-11-20(12-10-16)26-15-17-5-2-1-3-6-17/h1-14H,15H2,(H,24,25). The molecular weight excluding hydrogens is 348 g/mol. The maximum absolute atomic E-state index is 12.0. The topological polar surface area (TPSA) is 50.7 Å². The third kappa shape index (κ3) is 5.19. The Hall–Kier alpha value is -3.11. The van der Waals surface area contributed by atoms with Gasteiger partial charge in [-0.05, 0) is 53.6 Å². The van der Waals surface area contributed by atoms with E-state index in [2.05, 4.69) is 10.5 Å². The Bertz CT molecular complexity index is 893. The number of amides is 1. The molecule has 130 valence electrons. The summed E-state index contributed by atoms with van der Waals surface area (Å²) in [4.78, 5) is 12.0. The number of ether oxygens (including phenoxy) is 1. The van der Waals surface area contributed by atoms with Crippen LogP contribution in [-0.4, -0.2) is 12.1 Å². The Labute approximate surface area is 157 Å². The highest BCUT2D eigenvalue weighted by Gasteiger charge is 2.03. The van der Waals surface area contributed by atoms with E-state index in [1.54, 1.807) is 30.5 Å². The normalized spacial score (nSPS) is 10.7. The predicted molar refractivity (Wildman–Crippen MR) is 104 cm³/mol. The summed E-state index contributed by atoms with van der Waals surface area (Å²) in [5.41, 5.74) is 4.90. The molecule has 0 aromatic heterocycles. The highest BCUT2D eigenvalue weighted by molar-refractivity contribution is 6.30. The summed E-state index contributed by atoms with van der Waals surface area (Å²) in [5.74, 6) is 0.459. The van der Waals surface area contributed by atoms with Crippen molar-refractivity contribution in [2.75, 3.05) is 0 Å². The molecule has 4 nitrogen and oxygen atoms in total. The van der Waals surface area contributed by atoms with Gasteiger partial charge >= 0.3 is 0 Å². The molecule has 0 fully saturated rings. The van der Waals surface area contributed by atoms with E-state index >= 15 is 0 Å². The Balaban J connectivity index is 1.52. The molecule has 26 heavy (non-hydrogen) atoms. The van der Waals surface area contributed by atoms with Gasteiger partial charge in [-0.3, -0.25) is 4.79 Å². The van der Waals surface area contributed by atoms with Gasteiger partial charge in [0.15, 0.2) is 0 Å². The molecular formula is C21H17ClN2O2. The van der Waals surface area contributed by atoms with Gasteiger partial charge in [0.25, 0.3) is 5.91 Å². The van der Waals surface area contributed by atoms with Crippen LogP contribution in [0.2, 0.25) is 5.02 Å². The third-order valence-corrected chi connectivity index (χ3v) is 3.83. The van der Waals surface area contributed by atoms with Crippen molar-refractivity contribution in [2.45, 2.75) is 6.61 Å². The summed E-state index contributed by atoms with van der Waals surface area (Å²) in [7, 11) is 0. The highest BCUT2D eigenvalue weighted by Crippen LogP contribution is 2.13. The molecule has 0 atom stereocenters. The molecule has 3 aromatic rings. The Morgan fingerprint density at radius 2 is 1.77 bits per heavy atom. The first kappa shape index (κ1) is 17.7. The molecule has 3 aromatic carbocycles. The van der Waals surface area contributed by atoms with Crippen LogP contribution in [0.3, 0.4) is 0 Å². The number of carbonyl (C=O) groups excluding carboxylic acids is 1. The zero-order valence-electron chi connectivity index (χ0n) is 13.9. The Morgan fingerprint density at radius 3 is 2.50 bits per heavy atom. The summed E-state index contributed by atoms with van der Waals surface area (Å²) in [6, 6.07) is 24.1. The average Bonchev–Trinajstić information content (AvgIpc) is 2.68. The molecule has 1 amide bonds. The lowest BCUT2D eigenvalue weighted by atomic mass is 10.2. The van der Waals surface area contributed by atoms with Crippen LogP contribution in [0.25, 0.3) is 0 Å². The Morgan fingerprint density at radius 1 is 1.00 bits per heavy atom. The van der Waals surface area contributed by atoms with Crippen molar-refractivity contribution < 1.29 is 9.53 Å². The number of nitrogens with zero attached hydrogens (tertiary/aromatic N) is 1. The van der Waals surface area contributed by atoms with Gasteiger partial charge in [0, 0.05) is 10.6 Å². The molecule has 0 heterocycles. The van der Waals surface area contributed by atoms with Crippen molar-refractivity contribution in [3.8, 4) is 5.75 Å². The van der Waals surface area contributed by atoms with Crippen molar-refractivity contribution in [3.63, 3.8) is 0 Å². The third-order valence-electron chi connectivity index (χ3n) is 3.59. The summed E-state index contributed by atoms with van der Waals surface area (Å²) >= 11 is 5.87. The van der Waals surface area contributed by atoms with Crippen molar-refractivity contribution in [3.05, 3.63) is 101 Å². The smallest absolute Gasteiger partial charge is 0.271 e. The summed E-state index contributed by atoms with van der Waals surface area (Å²) < 4.78 is 5.73. The van der Waals surface area contributed by atoms with Crippen molar-refractivity contribution in [2.24, 2.45) is 5.10 Å². The van der Waals surface area contributed by atoms with Gasteiger partial charge in [-0.2, -0.15) is 5.10 Å². The quantitative estimate of drug-likeness (QED) is 0.510. The molecule has 1 N–H and O–H groups in total. The number of benzene rings is 3. The molecule has 0 bridgehead atoms. The summed E-state index contributed by atoms with van der Waals surface area (Å²) in [6.07, 6.45) is 1.57. The molecule has 0 saturated heterocycles. The van der Waals surface area contributed by atoms with Crippen LogP contribution >= 0.6 is 11.6 Å². The van der Waals surface area contributed by atoms with E-state index in [9.17, 15) is 4.79 Å². The van der Waals surface area contributed by atoms with E-state index in [0.717, 1.165) is 16.9 Å². The van der Waals surface area contributed by atoms with Gasteiger partial charge in [0.1, 0.15) is 12.4 Å². The fraction of sp³-hybridized carbons (Fsp3) is 0.0476. The number of carbonyl (C=O) groups is 1. The van der Waals surface area contributed by atoms with Crippen LogP contribution in [0.15, 0.2) is 84.0 Å². The first-order chi connectivity index (χ1) is 12.7. The molecule has 3 rings (SSSR count). The monoisotopic (exact) mass is 364 g/mol. The summed E-state index contributed by atoms with van der Waals surface area (Å²) in [6.45, 7) is 0.518. The molecule has 0 spiro atoms. The van der Waals surface area contributed by atoms with E-state index in [1.807, 2.05) is 54.6 Å². The molecule has 5 heteroatoms. The zero-order valence-corrected chi connectivity index (χ0v) is 14.7. The molecule has 0 aliphatic heterocycles. The van der Waals surface area contributed by atoms with Gasteiger partial charge in [-0.25, -0.2) is 5.43 Å². The van der Waals surface area contributed by atoms with E-state index in [1.165, 1.54) is 0 Å². The van der Waals surface area contributed by atoms with Gasteiger partial charge in [-0.1, -0.05) is 48.0 Å². The molecule has 0 aliphatic rings. The fourth-order valence-corrected chi connectivity index (χ4v) is 2.44. The van der Waals surface area contributed by atoms with Gasteiger partial charge in [0.2, 0.25) is 0 Å². The fourth-order valence-electron chi connectivity index (χ4n) is 2.25. The predicted octanol–water partition coefficient (Wildman–Crippen LogP) is 4.68. The van der Waals surface area contributed by atoms with Crippen LogP contribution in [0, 0.1) is 0 Å². The van der Waals surface area contributed by atoms with Crippen LogP contribution < -0.4 is 10.2 Å². The van der Waals surface area contributed by atoms with Crippen molar-refractivity contribution in [1.82, 2.24) is 5.43 Å². The van der Waals surface area contributed by atoms with Gasteiger partial charge in [0.05, 0.1) is 6.21 Å². The molecule has 0 radical (unpaired) electrons. The maximum Gasteiger partial charge on any atom is 0.271 e. The molecule has 0 saturated carbocycles. The Kier molecular flexibility index (Phi) is 6.01. The second-order valence-electron chi connectivity index (χ2n) is 5.55. The minimum Gasteiger partial charge on any atom is -0.489 e. The lowest BCUT2D eigenvalue weighted by Crippen LogP contribution is -2.17. The van der Waals surface area contributed by atoms with Crippen LogP contribution in [0.1, 0.15) is 21.5 Å². The second kappa shape index (κ2) is 8.83. The van der Waals surface area contributed by atoms with Crippen LogP contribution in [0.4, 0.5) is 0 Å². The molecule has 0 aliphatic carbocycles. The highest BCUT2D eigenvalue weighted by atomic mass is 35.5. The SMILES string of the molecule is O=C(NN=Cc1ccc(OCc2ccccc2)cc1)c1cccc(Cl)c1. The van der Waals surface area contributed by atoms with E-state index in [-0.39, 0.29) is 5.91 Å². The first-order valence-electron chi connectivity index (χ1n) is 8.06. The number of hydrogen-bond donors (Lipinski definition) is 1. The van der Waals surface area contributed by atoms with Gasteiger partial charge in [-0.15, -0.1) is 0 Å². The van der Waals surface area contributed by atoms with Crippen LogP contribution in [0.5, 0.6) is 5.75 Å². The lowest BCUT2D eigenvalue weighted by Gasteiger charge is -2.06. The minimum atomic E-state index is -0.313. The number of hydrogen-bond acceptors (Lipinski definition) is 3. The number of rotatable bonds is 6. The lowest BCUT2D eigenvalue weighted by molar-refractivity contribution is 0.0955. The summed E-state index contributed by atoms with van der Waals surface area (Å²) in [5, 5.41) is 4.47. The van der Waals surface area contributed by atoms with E-state index < -0.39 is 0 Å². The second-order valence-corrected chi connectivity index (χ2v) is 5.99. The number of nitrogens with one attached hydrogen (secondary N) is 1. The van der Waals surface area contributed by atoms with Gasteiger partial charge < -0.3 is 4.74 Å². The van der Waals surface area contributed by atoms with E-state index in [4.69, 9.17) is 16.3 Å². The largest absolute Gasteiger partial charge is 0.489 e. The van der Waals surface area contributed by atoms with E-state index in [0.29, 0.717) is 17.2 Å². The number of halogens is 1. The van der Waals surface area contributed by atoms with Crippen molar-refractivity contribution in [1.29, 1.82) is 0 Å². The minimum absolute atomic E-state index is 0.313. The van der Waals surface area contributed by atoms with Crippen molar-refractivity contribution >= 4 is 23.7 Å². The first-order valence-corrected chi connectivity index (χ1v) is 8.44.